The average molecular weight is 420 g/mol. The number of hydrogen-bond donors (Lipinski definition) is 0. The quantitative estimate of drug-likeness (QED) is 0.548. The van der Waals surface area contributed by atoms with Crippen LogP contribution in [0.2, 0.25) is 0 Å². The van der Waals surface area contributed by atoms with Crippen LogP contribution in [0.25, 0.3) is 0 Å². The standard InChI is InChI=1S/C19H15BrFNO4/c20-15-6-5-14(16(21)9-15)11-26-19(25)13-3-1-12(2-4-13)10-22-17(23)7-8-18(22)24/h1-6,9H,7-8,10-11H2. The Balaban J connectivity index is 1.60. The molecule has 0 radical (unpaired) electrons. The Morgan fingerprint density at radius 3 is 2.35 bits per heavy atom. The van der Waals surface area contributed by atoms with Gasteiger partial charge in [0.15, 0.2) is 0 Å². The molecule has 2 aromatic rings. The summed E-state index contributed by atoms with van der Waals surface area (Å²) in [5.41, 5.74) is 1.33. The van der Waals surface area contributed by atoms with E-state index in [4.69, 9.17) is 4.74 Å². The first kappa shape index (κ1) is 18.3. The van der Waals surface area contributed by atoms with Gasteiger partial charge in [0.05, 0.1) is 12.1 Å². The topological polar surface area (TPSA) is 63.7 Å². The second-order valence-corrected chi connectivity index (χ2v) is 6.80. The van der Waals surface area contributed by atoms with Crippen molar-refractivity contribution in [2.45, 2.75) is 26.0 Å². The number of esters is 1. The summed E-state index contributed by atoms with van der Waals surface area (Å²) in [6.07, 6.45) is 0.492. The van der Waals surface area contributed by atoms with Crippen molar-refractivity contribution in [1.82, 2.24) is 4.90 Å². The van der Waals surface area contributed by atoms with Gasteiger partial charge in [-0.3, -0.25) is 14.5 Å². The van der Waals surface area contributed by atoms with Crippen molar-refractivity contribution < 1.29 is 23.5 Å². The molecule has 0 aliphatic carbocycles. The Kier molecular flexibility index (Phi) is 5.46. The molecule has 1 heterocycles. The van der Waals surface area contributed by atoms with E-state index in [1.54, 1.807) is 36.4 Å². The Bertz CT molecular complexity index is 850. The van der Waals surface area contributed by atoms with Gasteiger partial charge in [0.25, 0.3) is 0 Å². The molecule has 26 heavy (non-hydrogen) atoms. The van der Waals surface area contributed by atoms with E-state index >= 15 is 0 Å². The molecule has 1 saturated heterocycles. The van der Waals surface area contributed by atoms with Gasteiger partial charge in [0.1, 0.15) is 12.4 Å². The lowest BCUT2D eigenvalue weighted by atomic mass is 10.1. The normalized spacial score (nSPS) is 14.0. The van der Waals surface area contributed by atoms with Gasteiger partial charge in [-0.05, 0) is 29.8 Å². The molecule has 1 aliphatic rings. The Morgan fingerprint density at radius 1 is 1.08 bits per heavy atom. The minimum atomic E-state index is -0.577. The molecular formula is C19H15BrFNO4. The maximum absolute atomic E-state index is 13.7. The molecule has 1 fully saturated rings. The Hall–Kier alpha value is -2.54. The Morgan fingerprint density at radius 2 is 1.73 bits per heavy atom. The second kappa shape index (κ2) is 7.78. The van der Waals surface area contributed by atoms with Crippen LogP contribution in [-0.4, -0.2) is 22.7 Å². The van der Waals surface area contributed by atoms with Crippen molar-refractivity contribution in [3.05, 3.63) is 69.4 Å². The second-order valence-electron chi connectivity index (χ2n) is 5.88. The average Bonchev–Trinajstić information content (AvgIpc) is 2.93. The molecule has 3 rings (SSSR count). The van der Waals surface area contributed by atoms with E-state index in [1.165, 1.54) is 11.0 Å². The third kappa shape index (κ3) is 4.16. The molecule has 0 bridgehead atoms. The number of imide groups is 1. The number of nitrogens with zero attached hydrogens (tertiary/aromatic N) is 1. The van der Waals surface area contributed by atoms with E-state index in [1.807, 2.05) is 0 Å². The molecule has 0 atom stereocenters. The number of ether oxygens (including phenoxy) is 1. The molecule has 5 nitrogen and oxygen atoms in total. The van der Waals surface area contributed by atoms with Crippen molar-refractivity contribution in [2.75, 3.05) is 0 Å². The molecule has 0 saturated carbocycles. The van der Waals surface area contributed by atoms with Gasteiger partial charge in [-0.25, -0.2) is 9.18 Å². The molecular weight excluding hydrogens is 405 g/mol. The number of hydrogen-bond acceptors (Lipinski definition) is 4. The fourth-order valence-electron chi connectivity index (χ4n) is 2.59. The number of likely N-dealkylation sites (tertiary alicyclic amines) is 1. The monoisotopic (exact) mass is 419 g/mol. The molecule has 0 aromatic heterocycles. The van der Waals surface area contributed by atoms with Gasteiger partial charge in [0, 0.05) is 22.9 Å². The van der Waals surface area contributed by atoms with E-state index in [-0.39, 0.29) is 43.4 Å². The van der Waals surface area contributed by atoms with Gasteiger partial charge in [-0.2, -0.15) is 0 Å². The SMILES string of the molecule is O=C(OCc1ccc(Br)cc1F)c1ccc(CN2C(=O)CCC2=O)cc1. The summed E-state index contributed by atoms with van der Waals surface area (Å²) < 4.78 is 19.5. The molecule has 0 unspecified atom stereocenters. The smallest absolute Gasteiger partial charge is 0.338 e. The summed E-state index contributed by atoms with van der Waals surface area (Å²) in [5.74, 6) is -1.40. The van der Waals surface area contributed by atoms with E-state index in [0.29, 0.717) is 10.0 Å². The van der Waals surface area contributed by atoms with Crippen LogP contribution in [0.4, 0.5) is 4.39 Å². The van der Waals surface area contributed by atoms with Crippen molar-refractivity contribution in [3.63, 3.8) is 0 Å². The number of halogens is 2. The summed E-state index contributed by atoms with van der Waals surface area (Å²) in [6, 6.07) is 11.0. The largest absolute Gasteiger partial charge is 0.457 e. The van der Waals surface area contributed by atoms with Crippen LogP contribution >= 0.6 is 15.9 Å². The fraction of sp³-hybridized carbons (Fsp3) is 0.211. The zero-order valence-electron chi connectivity index (χ0n) is 13.7. The lowest BCUT2D eigenvalue weighted by molar-refractivity contribution is -0.139. The fourth-order valence-corrected chi connectivity index (χ4v) is 2.93. The molecule has 0 N–H and O–H groups in total. The highest BCUT2D eigenvalue weighted by Crippen LogP contribution is 2.18. The van der Waals surface area contributed by atoms with E-state index < -0.39 is 11.8 Å². The van der Waals surface area contributed by atoms with Crippen LogP contribution in [0.15, 0.2) is 46.9 Å². The molecule has 2 amide bonds. The summed E-state index contributed by atoms with van der Waals surface area (Å²) >= 11 is 3.17. The van der Waals surface area contributed by atoms with E-state index in [2.05, 4.69) is 15.9 Å². The van der Waals surface area contributed by atoms with Crippen LogP contribution in [0.1, 0.15) is 34.3 Å². The van der Waals surface area contributed by atoms with Gasteiger partial charge in [-0.1, -0.05) is 34.1 Å². The zero-order chi connectivity index (χ0) is 18.7. The number of carbonyl (C=O) groups is 3. The lowest BCUT2D eigenvalue weighted by Crippen LogP contribution is -2.28. The molecule has 7 heteroatoms. The predicted molar refractivity (Wildman–Crippen MR) is 94.5 cm³/mol. The van der Waals surface area contributed by atoms with Crippen molar-refractivity contribution in [1.29, 1.82) is 0 Å². The first-order valence-corrected chi connectivity index (χ1v) is 8.76. The van der Waals surface area contributed by atoms with Crippen LogP contribution in [0, 0.1) is 5.82 Å². The van der Waals surface area contributed by atoms with E-state index in [0.717, 1.165) is 5.56 Å². The van der Waals surface area contributed by atoms with Crippen molar-refractivity contribution in [3.8, 4) is 0 Å². The summed E-state index contributed by atoms with van der Waals surface area (Å²) in [4.78, 5) is 36.6. The Labute approximate surface area is 157 Å². The highest BCUT2D eigenvalue weighted by Gasteiger charge is 2.28. The third-order valence-electron chi connectivity index (χ3n) is 4.06. The van der Waals surface area contributed by atoms with E-state index in [9.17, 15) is 18.8 Å². The predicted octanol–water partition coefficient (Wildman–Crippen LogP) is 3.59. The number of rotatable bonds is 5. The first-order valence-electron chi connectivity index (χ1n) is 7.97. The minimum absolute atomic E-state index is 0.170. The van der Waals surface area contributed by atoms with Crippen LogP contribution in [0.5, 0.6) is 0 Å². The zero-order valence-corrected chi connectivity index (χ0v) is 15.3. The van der Waals surface area contributed by atoms with Crippen LogP contribution in [-0.2, 0) is 27.5 Å². The van der Waals surface area contributed by atoms with Crippen LogP contribution in [0.3, 0.4) is 0 Å². The third-order valence-corrected chi connectivity index (χ3v) is 4.55. The summed E-state index contributed by atoms with van der Waals surface area (Å²) in [5, 5.41) is 0. The number of amides is 2. The summed E-state index contributed by atoms with van der Waals surface area (Å²) in [7, 11) is 0. The highest BCUT2D eigenvalue weighted by atomic mass is 79.9. The van der Waals surface area contributed by atoms with Gasteiger partial charge in [-0.15, -0.1) is 0 Å². The highest BCUT2D eigenvalue weighted by molar-refractivity contribution is 9.10. The number of carbonyl (C=O) groups excluding carboxylic acids is 3. The lowest BCUT2D eigenvalue weighted by Gasteiger charge is -2.13. The van der Waals surface area contributed by atoms with Crippen molar-refractivity contribution >= 4 is 33.7 Å². The van der Waals surface area contributed by atoms with Crippen molar-refractivity contribution in [2.24, 2.45) is 0 Å². The number of benzene rings is 2. The van der Waals surface area contributed by atoms with Gasteiger partial charge < -0.3 is 4.74 Å². The molecule has 134 valence electrons. The first-order chi connectivity index (χ1) is 12.4. The van der Waals surface area contributed by atoms with Gasteiger partial charge >= 0.3 is 5.97 Å². The summed E-state index contributed by atoms with van der Waals surface area (Å²) in [6.45, 7) is 0.0214. The molecule has 0 spiro atoms. The maximum Gasteiger partial charge on any atom is 0.338 e. The van der Waals surface area contributed by atoms with Gasteiger partial charge in [0.2, 0.25) is 11.8 Å². The molecule has 1 aliphatic heterocycles. The molecule has 2 aromatic carbocycles. The maximum atomic E-state index is 13.7. The minimum Gasteiger partial charge on any atom is -0.457 e. The van der Waals surface area contributed by atoms with Crippen LogP contribution < -0.4 is 0 Å².